The molecule has 3 rings (SSSR count). The summed E-state index contributed by atoms with van der Waals surface area (Å²) in [5.74, 6) is -0.113. The van der Waals surface area contributed by atoms with Crippen LogP contribution in [0.4, 0.5) is 4.79 Å². The van der Waals surface area contributed by atoms with Gasteiger partial charge < -0.3 is 14.5 Å². The molecule has 1 aromatic carbocycles. The predicted octanol–water partition coefficient (Wildman–Crippen LogP) is 3.09. The maximum absolute atomic E-state index is 12.9. The Labute approximate surface area is 165 Å². The summed E-state index contributed by atoms with van der Waals surface area (Å²) in [6.07, 6.45) is -0.334. The van der Waals surface area contributed by atoms with Crippen LogP contribution in [0.15, 0.2) is 30.3 Å². The van der Waals surface area contributed by atoms with E-state index in [1.54, 1.807) is 14.5 Å². The lowest BCUT2D eigenvalue weighted by Gasteiger charge is -2.35. The van der Waals surface area contributed by atoms with Crippen LogP contribution >= 0.6 is 0 Å². The van der Waals surface area contributed by atoms with E-state index in [2.05, 4.69) is 5.10 Å². The lowest BCUT2D eigenvalue weighted by molar-refractivity contribution is 0.0140. The van der Waals surface area contributed by atoms with E-state index in [-0.39, 0.29) is 12.0 Å². The van der Waals surface area contributed by atoms with Gasteiger partial charge in [0, 0.05) is 33.2 Å². The first-order chi connectivity index (χ1) is 13.1. The number of hydrogen-bond acceptors (Lipinski definition) is 4. The Kier molecular flexibility index (Phi) is 5.45. The molecule has 2 amide bonds. The van der Waals surface area contributed by atoms with Crippen LogP contribution in [0.3, 0.4) is 0 Å². The molecule has 0 aliphatic carbocycles. The number of piperazine rings is 1. The lowest BCUT2D eigenvalue weighted by atomic mass is 10.1. The highest BCUT2D eigenvalue weighted by Gasteiger charge is 2.29. The maximum Gasteiger partial charge on any atom is 0.410 e. The topological polar surface area (TPSA) is 67.7 Å². The Hall–Kier alpha value is -2.83. The zero-order valence-electron chi connectivity index (χ0n) is 17.2. The fourth-order valence-corrected chi connectivity index (χ4v) is 3.15. The summed E-state index contributed by atoms with van der Waals surface area (Å²) in [7, 11) is 1.84. The summed E-state index contributed by atoms with van der Waals surface area (Å²) in [4.78, 5) is 28.4. The number of rotatable bonds is 2. The number of hydrogen-bond donors (Lipinski definition) is 0. The number of nitrogens with zero attached hydrogens (tertiary/aromatic N) is 4. The molecule has 1 fully saturated rings. The molecule has 28 heavy (non-hydrogen) atoms. The van der Waals surface area contributed by atoms with Crippen LogP contribution in [0.1, 0.15) is 36.8 Å². The number of carbonyl (C=O) groups is 2. The maximum atomic E-state index is 12.9. The van der Waals surface area contributed by atoms with Crippen LogP contribution in [0, 0.1) is 6.92 Å². The van der Waals surface area contributed by atoms with Crippen LogP contribution in [-0.4, -0.2) is 63.4 Å². The molecule has 2 aromatic rings. The lowest BCUT2D eigenvalue weighted by Crippen LogP contribution is -2.51. The monoisotopic (exact) mass is 384 g/mol. The van der Waals surface area contributed by atoms with E-state index in [9.17, 15) is 9.59 Å². The molecule has 0 spiro atoms. The number of aromatic nitrogens is 2. The van der Waals surface area contributed by atoms with Crippen molar-refractivity contribution in [3.05, 3.63) is 41.6 Å². The molecule has 0 radical (unpaired) electrons. The van der Waals surface area contributed by atoms with Gasteiger partial charge in [0.2, 0.25) is 0 Å². The second-order valence-electron chi connectivity index (χ2n) is 8.16. The van der Waals surface area contributed by atoms with Crippen molar-refractivity contribution in [2.45, 2.75) is 33.3 Å². The number of amides is 2. The largest absolute Gasteiger partial charge is 0.444 e. The van der Waals surface area contributed by atoms with Gasteiger partial charge in [-0.15, -0.1) is 0 Å². The van der Waals surface area contributed by atoms with Crippen molar-refractivity contribution in [2.24, 2.45) is 7.05 Å². The van der Waals surface area contributed by atoms with Gasteiger partial charge in [0.25, 0.3) is 5.91 Å². The second-order valence-corrected chi connectivity index (χ2v) is 8.16. The van der Waals surface area contributed by atoms with Crippen molar-refractivity contribution in [1.29, 1.82) is 0 Å². The van der Waals surface area contributed by atoms with Crippen molar-refractivity contribution in [2.75, 3.05) is 26.2 Å². The first kappa shape index (κ1) is 19.9. The predicted molar refractivity (Wildman–Crippen MR) is 107 cm³/mol. The van der Waals surface area contributed by atoms with Crippen LogP contribution in [0.25, 0.3) is 11.3 Å². The number of ether oxygens (including phenoxy) is 1. The first-order valence-electron chi connectivity index (χ1n) is 9.52. The second kappa shape index (κ2) is 7.66. The molecule has 7 nitrogen and oxygen atoms in total. The van der Waals surface area contributed by atoms with Crippen LogP contribution in [-0.2, 0) is 11.8 Å². The third kappa shape index (κ3) is 4.52. The van der Waals surface area contributed by atoms with Crippen molar-refractivity contribution in [1.82, 2.24) is 19.6 Å². The number of aryl methyl sites for hydroxylation is 2. The molecule has 1 aliphatic heterocycles. The van der Waals surface area contributed by atoms with Gasteiger partial charge in [0.1, 0.15) is 5.60 Å². The van der Waals surface area contributed by atoms with Gasteiger partial charge in [-0.1, -0.05) is 29.8 Å². The van der Waals surface area contributed by atoms with Crippen molar-refractivity contribution in [3.63, 3.8) is 0 Å². The summed E-state index contributed by atoms with van der Waals surface area (Å²) >= 11 is 0. The standard InChI is InChI=1S/C21H28N4O3/c1-15-6-8-16(9-7-15)18-14-17(22-23(18)5)19(26)24-10-12-25(13-11-24)20(27)28-21(2,3)4/h6-9,14H,10-13H2,1-5H3. The van der Waals surface area contributed by atoms with E-state index in [1.165, 1.54) is 5.56 Å². The van der Waals surface area contributed by atoms with E-state index in [4.69, 9.17) is 4.74 Å². The van der Waals surface area contributed by atoms with Gasteiger partial charge in [-0.05, 0) is 39.3 Å². The highest BCUT2D eigenvalue weighted by Crippen LogP contribution is 2.21. The average molecular weight is 384 g/mol. The molecule has 1 aliphatic rings. The molecule has 0 N–H and O–H groups in total. The minimum Gasteiger partial charge on any atom is -0.444 e. The Morgan fingerprint density at radius 1 is 1.00 bits per heavy atom. The van der Waals surface area contributed by atoms with Gasteiger partial charge in [0.15, 0.2) is 5.69 Å². The average Bonchev–Trinajstić information content (AvgIpc) is 3.02. The van der Waals surface area contributed by atoms with Crippen LogP contribution in [0.2, 0.25) is 0 Å². The third-order valence-electron chi connectivity index (χ3n) is 4.66. The van der Waals surface area contributed by atoms with Gasteiger partial charge in [-0.2, -0.15) is 5.10 Å². The minimum absolute atomic E-state index is 0.113. The van der Waals surface area contributed by atoms with Gasteiger partial charge in [-0.25, -0.2) is 4.79 Å². The summed E-state index contributed by atoms with van der Waals surface area (Å²) in [5.41, 5.74) is 3.00. The molecular formula is C21H28N4O3. The van der Waals surface area contributed by atoms with Crippen molar-refractivity contribution < 1.29 is 14.3 Å². The molecule has 0 atom stereocenters. The zero-order valence-corrected chi connectivity index (χ0v) is 17.2. The molecule has 0 bridgehead atoms. The van der Waals surface area contributed by atoms with E-state index in [1.807, 2.05) is 65.1 Å². The highest BCUT2D eigenvalue weighted by atomic mass is 16.6. The highest BCUT2D eigenvalue weighted by molar-refractivity contribution is 5.93. The Bertz CT molecular complexity index is 857. The Balaban J connectivity index is 1.65. The third-order valence-corrected chi connectivity index (χ3v) is 4.66. The number of benzene rings is 1. The molecule has 2 heterocycles. The Morgan fingerprint density at radius 3 is 2.14 bits per heavy atom. The first-order valence-corrected chi connectivity index (χ1v) is 9.52. The fourth-order valence-electron chi connectivity index (χ4n) is 3.15. The fraction of sp³-hybridized carbons (Fsp3) is 0.476. The molecule has 7 heteroatoms. The van der Waals surface area contributed by atoms with E-state index >= 15 is 0 Å². The molecule has 1 saturated heterocycles. The van der Waals surface area contributed by atoms with Crippen molar-refractivity contribution in [3.8, 4) is 11.3 Å². The van der Waals surface area contributed by atoms with Gasteiger partial charge >= 0.3 is 6.09 Å². The summed E-state index contributed by atoms with van der Waals surface area (Å²) in [6.45, 7) is 9.42. The molecule has 150 valence electrons. The van der Waals surface area contributed by atoms with Gasteiger partial charge in [0.05, 0.1) is 5.69 Å². The zero-order chi connectivity index (χ0) is 20.5. The molecular weight excluding hydrogens is 356 g/mol. The summed E-state index contributed by atoms with van der Waals surface area (Å²) in [5, 5.41) is 4.41. The summed E-state index contributed by atoms with van der Waals surface area (Å²) < 4.78 is 7.13. The Morgan fingerprint density at radius 2 is 1.57 bits per heavy atom. The molecule has 0 unspecified atom stereocenters. The van der Waals surface area contributed by atoms with E-state index in [0.717, 1.165) is 11.3 Å². The van der Waals surface area contributed by atoms with E-state index < -0.39 is 5.60 Å². The summed E-state index contributed by atoms with van der Waals surface area (Å²) in [6, 6.07) is 9.97. The molecule has 1 aromatic heterocycles. The van der Waals surface area contributed by atoms with Gasteiger partial charge in [-0.3, -0.25) is 9.48 Å². The van der Waals surface area contributed by atoms with Crippen molar-refractivity contribution >= 4 is 12.0 Å². The number of carbonyl (C=O) groups excluding carboxylic acids is 2. The smallest absolute Gasteiger partial charge is 0.410 e. The normalized spacial score (nSPS) is 14.9. The van der Waals surface area contributed by atoms with E-state index in [0.29, 0.717) is 31.9 Å². The van der Waals surface area contributed by atoms with Crippen LogP contribution in [0.5, 0.6) is 0 Å². The van der Waals surface area contributed by atoms with Crippen LogP contribution < -0.4 is 0 Å². The SMILES string of the molecule is Cc1ccc(-c2cc(C(=O)N3CCN(C(=O)OC(C)(C)C)CC3)nn2C)cc1. The quantitative estimate of drug-likeness (QED) is 0.798. The molecule has 0 saturated carbocycles. The minimum atomic E-state index is -0.523.